The summed E-state index contributed by atoms with van der Waals surface area (Å²) in [5.41, 5.74) is -0.154. The van der Waals surface area contributed by atoms with Crippen molar-refractivity contribution in [1.82, 2.24) is 19.5 Å². The van der Waals surface area contributed by atoms with Gasteiger partial charge in [0.25, 0.3) is 0 Å². The number of ether oxygens (including phenoxy) is 2. The predicted molar refractivity (Wildman–Crippen MR) is 124 cm³/mol. The number of imidazole rings is 1. The molecule has 0 unspecified atom stereocenters. The standard InChI is InChI=1S/C23H26ClF2N5O4/c1-9(2)31-13-6-10(5-12(25)17(13)28-21(31)23(3,4)33)16-11(24)7-27-22(29-16)30-18-15(26)20-34-8-14(35-20)19(18)32/h5-7,9,14-15,18-20,32-33H,8H2,1-4H3,(H,27,29,30)/t14-,15-,18+,19+,20-/m0/s1. The summed E-state index contributed by atoms with van der Waals surface area (Å²) in [5.74, 6) is -0.273. The Labute approximate surface area is 205 Å². The number of aromatic nitrogens is 4. The van der Waals surface area contributed by atoms with Gasteiger partial charge >= 0.3 is 0 Å². The molecule has 2 aliphatic rings. The zero-order valence-electron chi connectivity index (χ0n) is 19.5. The fourth-order valence-corrected chi connectivity index (χ4v) is 4.77. The SMILES string of the molecule is CC(C)n1c(C(C)(C)O)nc2c(F)cc(-c3nc(N[C@H]4[C@H](O)[C@@H]5CO[C@@H](O5)[C@H]4F)ncc3Cl)cc21. The first-order chi connectivity index (χ1) is 16.5. The second-order valence-electron chi connectivity index (χ2n) is 9.66. The van der Waals surface area contributed by atoms with Gasteiger partial charge in [-0.15, -0.1) is 0 Å². The molecule has 0 saturated carbocycles. The Balaban J connectivity index is 1.56. The van der Waals surface area contributed by atoms with E-state index in [4.69, 9.17) is 21.1 Å². The Hall–Kier alpha value is -2.44. The number of halogens is 3. The number of aliphatic hydroxyl groups excluding tert-OH is 1. The van der Waals surface area contributed by atoms with E-state index in [1.807, 2.05) is 13.8 Å². The van der Waals surface area contributed by atoms with Crippen LogP contribution in [0.4, 0.5) is 14.7 Å². The minimum Gasteiger partial charge on any atom is -0.388 e. The predicted octanol–water partition coefficient (Wildman–Crippen LogP) is 3.33. The number of anilines is 1. The number of alkyl halides is 1. The molecule has 0 radical (unpaired) electrons. The van der Waals surface area contributed by atoms with Crippen LogP contribution in [0.25, 0.3) is 22.3 Å². The Morgan fingerprint density at radius 1 is 1.29 bits per heavy atom. The third-order valence-corrected chi connectivity index (χ3v) is 6.49. The van der Waals surface area contributed by atoms with Crippen molar-refractivity contribution < 1.29 is 28.5 Å². The zero-order valence-corrected chi connectivity index (χ0v) is 20.3. The summed E-state index contributed by atoms with van der Waals surface area (Å²) >= 11 is 6.37. The largest absolute Gasteiger partial charge is 0.388 e. The van der Waals surface area contributed by atoms with Gasteiger partial charge in [0.15, 0.2) is 18.3 Å². The normalized spacial score (nSPS) is 26.6. The smallest absolute Gasteiger partial charge is 0.223 e. The van der Waals surface area contributed by atoms with E-state index in [0.717, 1.165) is 0 Å². The number of benzene rings is 1. The molecule has 3 aromatic rings. The Morgan fingerprint density at radius 2 is 2.03 bits per heavy atom. The maximum Gasteiger partial charge on any atom is 0.223 e. The van der Waals surface area contributed by atoms with Crippen LogP contribution in [-0.4, -0.2) is 67.1 Å². The summed E-state index contributed by atoms with van der Waals surface area (Å²) in [5, 5.41) is 24.0. The minimum absolute atomic E-state index is 0.00690. The summed E-state index contributed by atoms with van der Waals surface area (Å²) in [7, 11) is 0. The van der Waals surface area contributed by atoms with Crippen molar-refractivity contribution in [3.63, 3.8) is 0 Å². The van der Waals surface area contributed by atoms with Crippen molar-refractivity contribution in [2.24, 2.45) is 0 Å². The number of hydrogen-bond acceptors (Lipinski definition) is 8. The van der Waals surface area contributed by atoms with Crippen LogP contribution < -0.4 is 5.32 Å². The lowest BCUT2D eigenvalue weighted by Crippen LogP contribution is -2.55. The lowest BCUT2D eigenvalue weighted by Gasteiger charge is -2.34. The highest BCUT2D eigenvalue weighted by atomic mass is 35.5. The number of rotatable bonds is 5. The zero-order chi connectivity index (χ0) is 25.2. The number of nitrogens with zero attached hydrogens (tertiary/aromatic N) is 4. The number of nitrogens with one attached hydrogen (secondary N) is 1. The van der Waals surface area contributed by atoms with Crippen LogP contribution in [0, 0.1) is 5.82 Å². The first-order valence-electron chi connectivity index (χ1n) is 11.3. The lowest BCUT2D eigenvalue weighted by molar-refractivity contribution is -0.164. The van der Waals surface area contributed by atoms with E-state index in [1.54, 1.807) is 24.5 Å². The average Bonchev–Trinajstić information content (AvgIpc) is 3.40. The second kappa shape index (κ2) is 8.59. The van der Waals surface area contributed by atoms with Gasteiger partial charge in [0.05, 0.1) is 35.1 Å². The van der Waals surface area contributed by atoms with Gasteiger partial charge in [0.1, 0.15) is 29.2 Å². The highest BCUT2D eigenvalue weighted by molar-refractivity contribution is 6.33. The molecule has 2 aromatic heterocycles. The summed E-state index contributed by atoms with van der Waals surface area (Å²) < 4.78 is 42.3. The highest BCUT2D eigenvalue weighted by Gasteiger charge is 2.51. The number of hydrogen-bond donors (Lipinski definition) is 3. The lowest BCUT2D eigenvalue weighted by atomic mass is 9.99. The number of aliphatic hydroxyl groups is 2. The molecule has 3 N–H and O–H groups in total. The Morgan fingerprint density at radius 3 is 2.71 bits per heavy atom. The van der Waals surface area contributed by atoms with Crippen molar-refractivity contribution >= 4 is 28.6 Å². The molecule has 35 heavy (non-hydrogen) atoms. The average molecular weight is 510 g/mol. The number of fused-ring (bicyclic) bond motifs is 3. The van der Waals surface area contributed by atoms with Crippen molar-refractivity contribution in [2.45, 2.75) is 70.0 Å². The Kier molecular flexibility index (Phi) is 5.96. The summed E-state index contributed by atoms with van der Waals surface area (Å²) in [4.78, 5) is 12.9. The molecule has 5 atom stereocenters. The molecule has 4 heterocycles. The van der Waals surface area contributed by atoms with Gasteiger partial charge in [-0.1, -0.05) is 11.6 Å². The second-order valence-corrected chi connectivity index (χ2v) is 10.1. The van der Waals surface area contributed by atoms with Gasteiger partial charge in [0, 0.05) is 11.6 Å². The van der Waals surface area contributed by atoms with E-state index in [-0.39, 0.29) is 34.8 Å². The van der Waals surface area contributed by atoms with Crippen LogP contribution in [-0.2, 0) is 15.1 Å². The van der Waals surface area contributed by atoms with E-state index >= 15 is 4.39 Å². The molecule has 12 heteroatoms. The van der Waals surface area contributed by atoms with Crippen LogP contribution in [0.15, 0.2) is 18.3 Å². The molecule has 0 amide bonds. The van der Waals surface area contributed by atoms with E-state index in [9.17, 15) is 14.6 Å². The minimum atomic E-state index is -1.65. The topological polar surface area (TPSA) is 115 Å². The molecule has 188 valence electrons. The van der Waals surface area contributed by atoms with Crippen LogP contribution in [0.1, 0.15) is 39.6 Å². The van der Waals surface area contributed by atoms with Crippen molar-refractivity contribution in [2.75, 3.05) is 11.9 Å². The van der Waals surface area contributed by atoms with Crippen LogP contribution in [0.5, 0.6) is 0 Å². The maximum absolute atomic E-state index is 15.2. The molecule has 5 rings (SSSR count). The first kappa shape index (κ1) is 24.3. The third-order valence-electron chi connectivity index (χ3n) is 6.21. The Bertz CT molecular complexity index is 1270. The van der Waals surface area contributed by atoms with Gasteiger partial charge in [-0.05, 0) is 39.8 Å². The van der Waals surface area contributed by atoms with Crippen molar-refractivity contribution in [1.29, 1.82) is 0 Å². The summed E-state index contributed by atoms with van der Waals surface area (Å²) in [6, 6.07) is 1.75. The van der Waals surface area contributed by atoms with E-state index in [1.165, 1.54) is 12.3 Å². The van der Waals surface area contributed by atoms with E-state index < -0.39 is 42.1 Å². The summed E-state index contributed by atoms with van der Waals surface area (Å²) in [6.07, 6.45) is -3.25. The van der Waals surface area contributed by atoms with Crippen molar-refractivity contribution in [3.05, 3.63) is 35.0 Å². The van der Waals surface area contributed by atoms with Gasteiger partial charge in [-0.3, -0.25) is 0 Å². The van der Waals surface area contributed by atoms with E-state index in [2.05, 4.69) is 20.3 Å². The van der Waals surface area contributed by atoms with Gasteiger partial charge < -0.3 is 29.6 Å². The van der Waals surface area contributed by atoms with Crippen LogP contribution >= 0.6 is 11.6 Å². The molecule has 2 saturated heterocycles. The molecule has 0 aliphatic carbocycles. The quantitative estimate of drug-likeness (QED) is 0.480. The molecular formula is C23H26ClF2N5O4. The maximum atomic E-state index is 15.2. The van der Waals surface area contributed by atoms with Gasteiger partial charge in [0.2, 0.25) is 5.95 Å². The fraction of sp³-hybridized carbons (Fsp3) is 0.522. The monoisotopic (exact) mass is 509 g/mol. The molecule has 9 nitrogen and oxygen atoms in total. The van der Waals surface area contributed by atoms with Crippen LogP contribution in [0.3, 0.4) is 0 Å². The van der Waals surface area contributed by atoms with Crippen LogP contribution in [0.2, 0.25) is 5.02 Å². The highest BCUT2D eigenvalue weighted by Crippen LogP contribution is 2.36. The molecular weight excluding hydrogens is 484 g/mol. The summed E-state index contributed by atoms with van der Waals surface area (Å²) in [6.45, 7) is 7.08. The molecule has 2 aliphatic heterocycles. The molecule has 1 aromatic carbocycles. The fourth-order valence-electron chi connectivity index (χ4n) is 4.57. The molecule has 2 fully saturated rings. The molecule has 2 bridgehead atoms. The molecule has 0 spiro atoms. The first-order valence-corrected chi connectivity index (χ1v) is 11.7. The van der Waals surface area contributed by atoms with Gasteiger partial charge in [-0.2, -0.15) is 0 Å². The van der Waals surface area contributed by atoms with Crippen molar-refractivity contribution in [3.8, 4) is 11.3 Å². The van der Waals surface area contributed by atoms with Gasteiger partial charge in [-0.25, -0.2) is 23.7 Å². The van der Waals surface area contributed by atoms with E-state index in [0.29, 0.717) is 16.9 Å². The third kappa shape index (κ3) is 4.15.